The zero-order chi connectivity index (χ0) is 18.8. The van der Waals surface area contributed by atoms with Crippen molar-refractivity contribution in [2.75, 3.05) is 52.9 Å². The molecule has 2 heterocycles. The highest BCUT2D eigenvalue weighted by atomic mass is 127. The lowest BCUT2D eigenvalue weighted by Gasteiger charge is -2.39. The minimum Gasteiger partial charge on any atom is -0.357 e. The number of nitrogens with zero attached hydrogens (tertiary/aromatic N) is 4. The molecule has 1 aliphatic rings. The van der Waals surface area contributed by atoms with Crippen LogP contribution in [0.25, 0.3) is 0 Å². The van der Waals surface area contributed by atoms with Gasteiger partial charge < -0.3 is 15.5 Å². The zero-order valence-electron chi connectivity index (χ0n) is 17.3. The summed E-state index contributed by atoms with van der Waals surface area (Å²) in [5.41, 5.74) is 1.10. The second-order valence-corrected chi connectivity index (χ2v) is 7.37. The fourth-order valence-electron chi connectivity index (χ4n) is 3.28. The standard InChI is InChI=1S/C20H36N6.HI/c1-5-21-20(23-11-9-18-8-6-7-10-22-18)24-16-19(17(2)3)26-14-12-25(4)13-15-26;/h6-8,10,17,19H,5,9,11-16H2,1-4H3,(H2,21,23,24);1H. The van der Waals surface area contributed by atoms with Crippen LogP contribution >= 0.6 is 24.0 Å². The van der Waals surface area contributed by atoms with Crippen LogP contribution in [0.2, 0.25) is 0 Å². The molecule has 1 unspecified atom stereocenters. The molecule has 1 fully saturated rings. The molecule has 0 aliphatic carbocycles. The summed E-state index contributed by atoms with van der Waals surface area (Å²) >= 11 is 0. The molecule has 154 valence electrons. The van der Waals surface area contributed by atoms with Crippen LogP contribution in [0.15, 0.2) is 29.4 Å². The first kappa shape index (κ1) is 24.1. The fraction of sp³-hybridized carbons (Fsp3) is 0.700. The average Bonchev–Trinajstić information content (AvgIpc) is 2.64. The van der Waals surface area contributed by atoms with Crippen molar-refractivity contribution in [2.24, 2.45) is 10.9 Å². The number of aliphatic imine (C=N–C) groups is 1. The quantitative estimate of drug-likeness (QED) is 0.334. The van der Waals surface area contributed by atoms with Crippen LogP contribution in [0.5, 0.6) is 0 Å². The number of halogens is 1. The van der Waals surface area contributed by atoms with Gasteiger partial charge in [-0.15, -0.1) is 24.0 Å². The molecule has 1 saturated heterocycles. The van der Waals surface area contributed by atoms with Gasteiger partial charge in [0.2, 0.25) is 0 Å². The minimum absolute atomic E-state index is 0. The predicted molar refractivity (Wildman–Crippen MR) is 125 cm³/mol. The summed E-state index contributed by atoms with van der Waals surface area (Å²) < 4.78 is 0. The first-order valence-corrected chi connectivity index (χ1v) is 9.94. The molecular formula is C20H37IN6. The van der Waals surface area contributed by atoms with Crippen LogP contribution in [-0.4, -0.2) is 79.6 Å². The van der Waals surface area contributed by atoms with Crippen molar-refractivity contribution in [2.45, 2.75) is 33.2 Å². The Labute approximate surface area is 182 Å². The van der Waals surface area contributed by atoms with E-state index in [1.165, 1.54) is 0 Å². The maximum atomic E-state index is 4.88. The number of piperazine rings is 1. The molecule has 0 saturated carbocycles. The van der Waals surface area contributed by atoms with E-state index in [9.17, 15) is 0 Å². The lowest BCUT2D eigenvalue weighted by molar-refractivity contribution is 0.0925. The third-order valence-corrected chi connectivity index (χ3v) is 4.96. The number of guanidine groups is 1. The van der Waals surface area contributed by atoms with Gasteiger partial charge in [0.25, 0.3) is 0 Å². The van der Waals surface area contributed by atoms with Gasteiger partial charge in [-0.2, -0.15) is 0 Å². The van der Waals surface area contributed by atoms with Gasteiger partial charge in [0.05, 0.1) is 6.54 Å². The molecule has 1 atom stereocenters. The molecule has 0 bridgehead atoms. The highest BCUT2D eigenvalue weighted by Gasteiger charge is 2.24. The largest absolute Gasteiger partial charge is 0.357 e. The average molecular weight is 488 g/mol. The molecule has 0 spiro atoms. The molecule has 0 aromatic carbocycles. The first-order chi connectivity index (χ1) is 12.6. The Morgan fingerprint density at radius 1 is 1.19 bits per heavy atom. The van der Waals surface area contributed by atoms with Gasteiger partial charge in [0.1, 0.15) is 0 Å². The summed E-state index contributed by atoms with van der Waals surface area (Å²) in [4.78, 5) is 14.3. The van der Waals surface area contributed by atoms with Crippen molar-refractivity contribution < 1.29 is 0 Å². The van der Waals surface area contributed by atoms with E-state index in [0.717, 1.165) is 63.9 Å². The van der Waals surface area contributed by atoms with Gasteiger partial charge in [0, 0.05) is 63.6 Å². The normalized spacial score (nSPS) is 17.4. The Kier molecular flexibility index (Phi) is 11.9. The van der Waals surface area contributed by atoms with Gasteiger partial charge in [-0.25, -0.2) is 0 Å². The monoisotopic (exact) mass is 488 g/mol. The van der Waals surface area contributed by atoms with E-state index in [0.29, 0.717) is 12.0 Å². The Morgan fingerprint density at radius 3 is 2.52 bits per heavy atom. The number of hydrogen-bond donors (Lipinski definition) is 2. The topological polar surface area (TPSA) is 55.8 Å². The minimum atomic E-state index is 0. The van der Waals surface area contributed by atoms with Crippen molar-refractivity contribution in [1.29, 1.82) is 0 Å². The third-order valence-electron chi connectivity index (χ3n) is 4.96. The molecule has 2 N–H and O–H groups in total. The van der Waals surface area contributed by atoms with Gasteiger partial charge >= 0.3 is 0 Å². The lowest BCUT2D eigenvalue weighted by atomic mass is 10.0. The highest BCUT2D eigenvalue weighted by Crippen LogP contribution is 2.14. The molecule has 6 nitrogen and oxygen atoms in total. The summed E-state index contributed by atoms with van der Waals surface area (Å²) in [6.07, 6.45) is 2.75. The summed E-state index contributed by atoms with van der Waals surface area (Å²) in [7, 11) is 2.20. The maximum Gasteiger partial charge on any atom is 0.191 e. The molecule has 1 aromatic rings. The number of aromatic nitrogens is 1. The first-order valence-electron chi connectivity index (χ1n) is 9.94. The van der Waals surface area contributed by atoms with Crippen LogP contribution in [-0.2, 0) is 6.42 Å². The van der Waals surface area contributed by atoms with E-state index in [-0.39, 0.29) is 24.0 Å². The van der Waals surface area contributed by atoms with Gasteiger partial charge in [-0.05, 0) is 32.0 Å². The summed E-state index contributed by atoms with van der Waals surface area (Å²) in [5.74, 6) is 1.50. The fourth-order valence-corrected chi connectivity index (χ4v) is 3.28. The molecule has 0 amide bonds. The van der Waals surface area contributed by atoms with Crippen LogP contribution in [0.1, 0.15) is 26.5 Å². The number of rotatable bonds is 8. The van der Waals surface area contributed by atoms with Crippen molar-refractivity contribution in [3.05, 3.63) is 30.1 Å². The second-order valence-electron chi connectivity index (χ2n) is 7.37. The molecular weight excluding hydrogens is 451 g/mol. The number of nitrogens with one attached hydrogen (secondary N) is 2. The molecule has 2 rings (SSSR count). The second kappa shape index (κ2) is 13.3. The Morgan fingerprint density at radius 2 is 1.93 bits per heavy atom. The van der Waals surface area contributed by atoms with E-state index < -0.39 is 0 Å². The van der Waals surface area contributed by atoms with E-state index in [1.54, 1.807) is 0 Å². The Balaban J connectivity index is 0.00000364. The van der Waals surface area contributed by atoms with Crippen LogP contribution in [0.3, 0.4) is 0 Å². The van der Waals surface area contributed by atoms with E-state index in [1.807, 2.05) is 18.3 Å². The van der Waals surface area contributed by atoms with E-state index >= 15 is 0 Å². The highest BCUT2D eigenvalue weighted by molar-refractivity contribution is 14.0. The lowest BCUT2D eigenvalue weighted by Crippen LogP contribution is -2.52. The molecule has 1 aliphatic heterocycles. The Bertz CT molecular complexity index is 529. The molecule has 7 heteroatoms. The number of hydrogen-bond acceptors (Lipinski definition) is 4. The number of likely N-dealkylation sites (N-methyl/N-ethyl adjacent to an activating group) is 1. The van der Waals surface area contributed by atoms with Gasteiger partial charge in [-0.1, -0.05) is 19.9 Å². The zero-order valence-corrected chi connectivity index (χ0v) is 19.6. The molecule has 27 heavy (non-hydrogen) atoms. The van der Waals surface area contributed by atoms with Gasteiger partial charge in [-0.3, -0.25) is 14.9 Å². The third kappa shape index (κ3) is 8.74. The van der Waals surface area contributed by atoms with Crippen LogP contribution in [0, 0.1) is 5.92 Å². The molecule has 0 radical (unpaired) electrons. The maximum absolute atomic E-state index is 4.88. The smallest absolute Gasteiger partial charge is 0.191 e. The van der Waals surface area contributed by atoms with Gasteiger partial charge in [0.15, 0.2) is 5.96 Å². The van der Waals surface area contributed by atoms with Crippen LogP contribution < -0.4 is 10.6 Å². The van der Waals surface area contributed by atoms with Crippen molar-refractivity contribution in [1.82, 2.24) is 25.4 Å². The van der Waals surface area contributed by atoms with Crippen molar-refractivity contribution >= 4 is 29.9 Å². The molecule has 1 aromatic heterocycles. The van der Waals surface area contributed by atoms with Crippen molar-refractivity contribution in [3.8, 4) is 0 Å². The van der Waals surface area contributed by atoms with E-state index in [4.69, 9.17) is 4.99 Å². The van der Waals surface area contributed by atoms with Crippen LogP contribution in [0.4, 0.5) is 0 Å². The summed E-state index contributed by atoms with van der Waals surface area (Å²) in [6.45, 7) is 13.8. The van der Waals surface area contributed by atoms with Crippen molar-refractivity contribution in [3.63, 3.8) is 0 Å². The Hall–Kier alpha value is -0.930. The summed E-state index contributed by atoms with van der Waals surface area (Å²) in [6, 6.07) is 6.54. The predicted octanol–water partition coefficient (Wildman–Crippen LogP) is 2.07. The SMILES string of the molecule is CCNC(=NCC(C(C)C)N1CCN(C)CC1)NCCc1ccccn1.I. The van der Waals surface area contributed by atoms with E-state index in [2.05, 4.69) is 59.3 Å². The number of pyridine rings is 1. The summed E-state index contributed by atoms with van der Waals surface area (Å²) in [5, 5.41) is 6.81.